The Kier molecular flexibility index (Phi) is 4.72. The Morgan fingerprint density at radius 2 is 2.20 bits per heavy atom. The van der Waals surface area contributed by atoms with Crippen molar-refractivity contribution in [2.24, 2.45) is 0 Å². The summed E-state index contributed by atoms with van der Waals surface area (Å²) in [7, 11) is 2.06. The highest BCUT2D eigenvalue weighted by Gasteiger charge is 2.02. The van der Waals surface area contributed by atoms with Crippen LogP contribution in [0.1, 0.15) is 24.5 Å². The Balaban J connectivity index is 2.40. The number of pyridine rings is 1. The van der Waals surface area contributed by atoms with Crippen LogP contribution in [0.5, 0.6) is 0 Å². The van der Waals surface area contributed by atoms with Gasteiger partial charge in [0.05, 0.1) is 6.10 Å². The molecule has 3 heteroatoms. The van der Waals surface area contributed by atoms with Gasteiger partial charge in [0.15, 0.2) is 0 Å². The molecule has 3 nitrogen and oxygen atoms in total. The smallest absolute Gasteiger partial charge is 0.0524 e. The highest BCUT2D eigenvalue weighted by Crippen LogP contribution is 2.05. The van der Waals surface area contributed by atoms with Crippen LogP contribution in [0.2, 0.25) is 0 Å². The monoisotopic (exact) mass is 208 g/mol. The minimum atomic E-state index is -0.219. The van der Waals surface area contributed by atoms with Crippen molar-refractivity contribution in [2.45, 2.75) is 32.9 Å². The first-order valence-electron chi connectivity index (χ1n) is 5.35. The number of aliphatic hydroxyl groups is 1. The second-order valence-electron chi connectivity index (χ2n) is 4.25. The molecule has 1 rings (SSSR count). The van der Waals surface area contributed by atoms with Crippen LogP contribution in [0, 0.1) is 6.92 Å². The third-order valence-electron chi connectivity index (χ3n) is 2.31. The van der Waals surface area contributed by atoms with E-state index in [1.807, 2.05) is 26.2 Å². The van der Waals surface area contributed by atoms with Crippen molar-refractivity contribution in [1.29, 1.82) is 0 Å². The third-order valence-corrected chi connectivity index (χ3v) is 2.31. The summed E-state index contributed by atoms with van der Waals surface area (Å²) in [6, 6.07) is 2.14. The number of aliphatic hydroxyl groups excluding tert-OH is 1. The average Bonchev–Trinajstić information content (AvgIpc) is 2.15. The van der Waals surface area contributed by atoms with Gasteiger partial charge in [-0.2, -0.15) is 0 Å². The number of hydrogen-bond acceptors (Lipinski definition) is 3. The summed E-state index contributed by atoms with van der Waals surface area (Å²) in [5, 5.41) is 9.17. The van der Waals surface area contributed by atoms with Gasteiger partial charge in [0.25, 0.3) is 0 Å². The topological polar surface area (TPSA) is 36.4 Å². The summed E-state index contributed by atoms with van der Waals surface area (Å²) in [6.07, 6.45) is 4.35. The maximum atomic E-state index is 9.17. The summed E-state index contributed by atoms with van der Waals surface area (Å²) < 4.78 is 0. The van der Waals surface area contributed by atoms with Crippen LogP contribution in [0.15, 0.2) is 18.5 Å². The molecule has 0 saturated carbocycles. The van der Waals surface area contributed by atoms with E-state index in [1.165, 1.54) is 11.1 Å². The van der Waals surface area contributed by atoms with Crippen LogP contribution < -0.4 is 0 Å². The van der Waals surface area contributed by atoms with Crippen molar-refractivity contribution in [3.05, 3.63) is 29.6 Å². The number of hydrogen-bond donors (Lipinski definition) is 1. The maximum Gasteiger partial charge on any atom is 0.0524 e. The molecule has 0 radical (unpaired) electrons. The second-order valence-corrected chi connectivity index (χ2v) is 4.25. The molecule has 1 aromatic heterocycles. The first-order chi connectivity index (χ1) is 7.08. The lowest BCUT2D eigenvalue weighted by molar-refractivity contribution is 0.163. The zero-order valence-corrected chi connectivity index (χ0v) is 9.77. The molecule has 0 amide bonds. The van der Waals surface area contributed by atoms with E-state index in [-0.39, 0.29) is 6.10 Å². The van der Waals surface area contributed by atoms with E-state index in [9.17, 15) is 5.11 Å². The molecular formula is C12H20N2O. The fourth-order valence-electron chi connectivity index (χ4n) is 1.50. The summed E-state index contributed by atoms with van der Waals surface area (Å²) in [4.78, 5) is 6.35. The molecule has 1 unspecified atom stereocenters. The largest absolute Gasteiger partial charge is 0.393 e. The van der Waals surface area contributed by atoms with Gasteiger partial charge in [-0.15, -0.1) is 0 Å². The van der Waals surface area contributed by atoms with Crippen molar-refractivity contribution >= 4 is 0 Å². The van der Waals surface area contributed by atoms with Crippen molar-refractivity contribution < 1.29 is 5.11 Å². The molecule has 0 bridgehead atoms. The van der Waals surface area contributed by atoms with Crippen LogP contribution in [-0.4, -0.2) is 34.7 Å². The summed E-state index contributed by atoms with van der Waals surface area (Å²) >= 11 is 0. The van der Waals surface area contributed by atoms with Gasteiger partial charge >= 0.3 is 0 Å². The number of rotatable bonds is 5. The number of nitrogens with zero attached hydrogens (tertiary/aromatic N) is 2. The molecule has 0 saturated heterocycles. The predicted molar refractivity (Wildman–Crippen MR) is 61.6 cm³/mol. The molecule has 1 atom stereocenters. The van der Waals surface area contributed by atoms with E-state index in [0.29, 0.717) is 0 Å². The average molecular weight is 208 g/mol. The molecule has 1 aromatic rings. The van der Waals surface area contributed by atoms with E-state index in [1.54, 1.807) is 0 Å². The lowest BCUT2D eigenvalue weighted by Crippen LogP contribution is -2.22. The molecule has 84 valence electrons. The third kappa shape index (κ3) is 4.91. The fraction of sp³-hybridized carbons (Fsp3) is 0.583. The van der Waals surface area contributed by atoms with Gasteiger partial charge in [0, 0.05) is 25.5 Å². The van der Waals surface area contributed by atoms with E-state index in [0.717, 1.165) is 19.5 Å². The summed E-state index contributed by atoms with van der Waals surface area (Å²) in [5.41, 5.74) is 2.42. The first kappa shape index (κ1) is 12.1. The molecule has 15 heavy (non-hydrogen) atoms. The van der Waals surface area contributed by atoms with Gasteiger partial charge in [-0.25, -0.2) is 0 Å². The minimum absolute atomic E-state index is 0.219. The summed E-state index contributed by atoms with van der Waals surface area (Å²) in [5.74, 6) is 0. The van der Waals surface area contributed by atoms with Crippen molar-refractivity contribution in [3.8, 4) is 0 Å². The van der Waals surface area contributed by atoms with E-state index >= 15 is 0 Å². The molecular weight excluding hydrogens is 188 g/mol. The lowest BCUT2D eigenvalue weighted by Gasteiger charge is -2.17. The Hall–Kier alpha value is -0.930. The van der Waals surface area contributed by atoms with Crippen molar-refractivity contribution in [2.75, 3.05) is 13.6 Å². The van der Waals surface area contributed by atoms with Crippen LogP contribution in [0.4, 0.5) is 0 Å². The van der Waals surface area contributed by atoms with Gasteiger partial charge < -0.3 is 10.0 Å². The Morgan fingerprint density at radius 1 is 1.47 bits per heavy atom. The molecule has 0 aliphatic carbocycles. The SMILES string of the molecule is Cc1cncc(CN(C)CCC(C)O)c1. The van der Waals surface area contributed by atoms with Gasteiger partial charge in [-0.3, -0.25) is 4.98 Å². The van der Waals surface area contributed by atoms with Crippen LogP contribution in [0.25, 0.3) is 0 Å². The lowest BCUT2D eigenvalue weighted by atomic mass is 10.2. The van der Waals surface area contributed by atoms with Crippen LogP contribution in [0.3, 0.4) is 0 Å². The number of aryl methyl sites for hydroxylation is 1. The zero-order valence-electron chi connectivity index (χ0n) is 9.77. The molecule has 0 aromatic carbocycles. The molecule has 0 fully saturated rings. The van der Waals surface area contributed by atoms with E-state index in [4.69, 9.17) is 0 Å². The first-order valence-corrected chi connectivity index (χ1v) is 5.35. The van der Waals surface area contributed by atoms with Crippen LogP contribution in [-0.2, 0) is 6.54 Å². The van der Waals surface area contributed by atoms with E-state index in [2.05, 4.69) is 23.0 Å². The highest BCUT2D eigenvalue weighted by atomic mass is 16.3. The van der Waals surface area contributed by atoms with Gasteiger partial charge in [-0.1, -0.05) is 6.07 Å². The molecule has 0 aliphatic heterocycles. The minimum Gasteiger partial charge on any atom is -0.393 e. The normalized spacial score (nSPS) is 13.1. The fourth-order valence-corrected chi connectivity index (χ4v) is 1.50. The van der Waals surface area contributed by atoms with Crippen LogP contribution >= 0.6 is 0 Å². The zero-order chi connectivity index (χ0) is 11.3. The molecule has 0 spiro atoms. The quantitative estimate of drug-likeness (QED) is 0.798. The Morgan fingerprint density at radius 3 is 2.80 bits per heavy atom. The molecule has 1 N–H and O–H groups in total. The maximum absolute atomic E-state index is 9.17. The van der Waals surface area contributed by atoms with Gasteiger partial charge in [0.2, 0.25) is 0 Å². The van der Waals surface area contributed by atoms with Crippen molar-refractivity contribution in [1.82, 2.24) is 9.88 Å². The van der Waals surface area contributed by atoms with Gasteiger partial charge in [-0.05, 0) is 38.4 Å². The van der Waals surface area contributed by atoms with E-state index < -0.39 is 0 Å². The predicted octanol–water partition coefficient (Wildman–Crippen LogP) is 1.59. The second kappa shape index (κ2) is 5.83. The Bertz CT molecular complexity index is 299. The highest BCUT2D eigenvalue weighted by molar-refractivity contribution is 5.16. The van der Waals surface area contributed by atoms with Crippen molar-refractivity contribution in [3.63, 3.8) is 0 Å². The molecule has 1 heterocycles. The van der Waals surface area contributed by atoms with Gasteiger partial charge in [0.1, 0.15) is 0 Å². The summed E-state index contributed by atoms with van der Waals surface area (Å²) in [6.45, 7) is 5.67. The molecule has 0 aliphatic rings. The number of aromatic nitrogens is 1. The standard InChI is InChI=1S/C12H20N2O/c1-10-6-12(8-13-7-10)9-14(3)5-4-11(2)15/h6-8,11,15H,4-5,9H2,1-3H3. The Labute approximate surface area is 91.8 Å².